The number of nitrogens with one attached hydrogen (secondary N) is 1. The molecular weight excluding hydrogens is 506 g/mol. The third-order valence-corrected chi connectivity index (χ3v) is 9.33. The summed E-state index contributed by atoms with van der Waals surface area (Å²) in [5, 5.41) is 0.907. The number of hydrogen-bond donors (Lipinski definition) is 1. The van der Waals surface area contributed by atoms with Gasteiger partial charge in [-0.15, -0.1) is 4.72 Å². The standard InChI is InChI=1S/C28H39N3O4S2/c1-19(30-37(32)28(2,3)4)23-25(34-18-21-15-11-8-12-16-21)24(33-17-20-13-9-7-10-14-20)22-26(35-23)36-27(29-22)31(5)6/h7-16,19,22-26,30H,17-18H2,1-6H3/t19?,22-,23?,24-,25-,26-,37?/m1/s1. The maximum atomic E-state index is 13.0. The van der Waals surface area contributed by atoms with Crippen LogP contribution in [-0.2, 0) is 38.8 Å². The molecule has 7 atom stereocenters. The molecular formula is C28H39N3O4S2. The van der Waals surface area contributed by atoms with Gasteiger partial charge in [0.1, 0.15) is 34.5 Å². The first-order valence-corrected chi connectivity index (χ1v) is 14.7. The molecule has 0 bridgehead atoms. The molecule has 0 radical (unpaired) electrons. The first kappa shape index (κ1) is 28.4. The Labute approximate surface area is 228 Å². The van der Waals surface area contributed by atoms with Crippen molar-refractivity contribution in [3.8, 4) is 0 Å². The zero-order chi connectivity index (χ0) is 26.6. The van der Waals surface area contributed by atoms with E-state index in [-0.39, 0.29) is 29.7 Å². The Bertz CT molecular complexity index is 1020. The van der Waals surface area contributed by atoms with E-state index in [1.54, 1.807) is 11.8 Å². The SMILES string of the molecule is CC(N[S+]([O-])C(C)(C)C)C1O[C@@H]2SC(N(C)C)=N[C@@H]2[C@@H](OCc2ccccc2)[C@@H]1OCc1ccccc1. The second-order valence-corrected chi connectivity index (χ2v) is 13.8. The van der Waals surface area contributed by atoms with Gasteiger partial charge in [-0.2, -0.15) is 0 Å². The highest BCUT2D eigenvalue weighted by Gasteiger charge is 2.53. The summed E-state index contributed by atoms with van der Waals surface area (Å²) in [7, 11) is 3.97. The summed E-state index contributed by atoms with van der Waals surface area (Å²) in [6.45, 7) is 8.74. The molecule has 2 heterocycles. The normalized spacial score (nSPS) is 27.3. The zero-order valence-electron chi connectivity index (χ0n) is 22.5. The number of aliphatic imine (C=N–C) groups is 1. The van der Waals surface area contributed by atoms with Crippen LogP contribution in [0.4, 0.5) is 0 Å². The fourth-order valence-corrected chi connectivity index (χ4v) is 6.26. The number of benzene rings is 2. The summed E-state index contributed by atoms with van der Waals surface area (Å²) in [4.78, 5) is 7.00. The second kappa shape index (κ2) is 12.5. The van der Waals surface area contributed by atoms with E-state index in [9.17, 15) is 4.55 Å². The molecule has 0 spiro atoms. The van der Waals surface area contributed by atoms with E-state index < -0.39 is 22.2 Å². The van der Waals surface area contributed by atoms with Crippen molar-refractivity contribution in [1.82, 2.24) is 9.62 Å². The van der Waals surface area contributed by atoms with Crippen LogP contribution in [0.2, 0.25) is 0 Å². The molecule has 1 N–H and O–H groups in total. The van der Waals surface area contributed by atoms with Gasteiger partial charge in [0.05, 0.1) is 19.3 Å². The van der Waals surface area contributed by atoms with Gasteiger partial charge in [0.15, 0.2) is 5.17 Å². The minimum Gasteiger partial charge on any atom is -0.598 e. The van der Waals surface area contributed by atoms with E-state index in [1.807, 2.05) is 95.2 Å². The predicted molar refractivity (Wildman–Crippen MR) is 152 cm³/mol. The molecule has 0 aliphatic carbocycles. The molecule has 1 fully saturated rings. The Morgan fingerprint density at radius 2 is 1.54 bits per heavy atom. The van der Waals surface area contributed by atoms with E-state index >= 15 is 0 Å². The van der Waals surface area contributed by atoms with Crippen molar-refractivity contribution in [3.63, 3.8) is 0 Å². The average molecular weight is 546 g/mol. The van der Waals surface area contributed by atoms with Crippen LogP contribution in [0.5, 0.6) is 0 Å². The first-order valence-electron chi connectivity index (χ1n) is 12.7. The number of fused-ring (bicyclic) bond motifs is 1. The molecule has 37 heavy (non-hydrogen) atoms. The monoisotopic (exact) mass is 545 g/mol. The van der Waals surface area contributed by atoms with E-state index in [1.165, 1.54) is 0 Å². The van der Waals surface area contributed by atoms with Crippen LogP contribution >= 0.6 is 11.8 Å². The summed E-state index contributed by atoms with van der Waals surface area (Å²) in [5.74, 6) is 0. The summed E-state index contributed by atoms with van der Waals surface area (Å²) in [6.07, 6.45) is -1.15. The number of hydrogen-bond acceptors (Lipinski definition) is 8. The molecule has 2 aromatic rings. The second-order valence-electron chi connectivity index (χ2n) is 10.7. The van der Waals surface area contributed by atoms with Crippen molar-refractivity contribution in [2.75, 3.05) is 14.1 Å². The van der Waals surface area contributed by atoms with Gasteiger partial charge in [-0.25, -0.2) is 0 Å². The van der Waals surface area contributed by atoms with Crippen LogP contribution < -0.4 is 4.72 Å². The molecule has 3 unspecified atom stereocenters. The number of rotatable bonds is 9. The Hall–Kier alpha value is -1.59. The third kappa shape index (κ3) is 7.29. The molecule has 2 aliphatic rings. The molecule has 202 valence electrons. The highest BCUT2D eigenvalue weighted by Crippen LogP contribution is 2.40. The topological polar surface area (TPSA) is 78.4 Å². The average Bonchev–Trinajstić information content (AvgIpc) is 3.31. The van der Waals surface area contributed by atoms with Crippen molar-refractivity contribution in [1.29, 1.82) is 0 Å². The Balaban J connectivity index is 1.63. The highest BCUT2D eigenvalue weighted by molar-refractivity contribution is 8.14. The van der Waals surface area contributed by atoms with Crippen LogP contribution in [-0.4, -0.2) is 69.3 Å². The smallest absolute Gasteiger partial charge is 0.161 e. The lowest BCUT2D eigenvalue weighted by Crippen LogP contribution is -2.63. The molecule has 0 amide bonds. The van der Waals surface area contributed by atoms with Gasteiger partial charge in [0, 0.05) is 25.5 Å². The molecule has 7 nitrogen and oxygen atoms in total. The van der Waals surface area contributed by atoms with Gasteiger partial charge in [-0.1, -0.05) is 72.4 Å². The zero-order valence-corrected chi connectivity index (χ0v) is 24.1. The lowest BCUT2D eigenvalue weighted by molar-refractivity contribution is -0.202. The summed E-state index contributed by atoms with van der Waals surface area (Å²) in [6, 6.07) is 19.8. The molecule has 0 aromatic heterocycles. The quantitative estimate of drug-likeness (QED) is 0.469. The van der Waals surface area contributed by atoms with Crippen LogP contribution in [0, 0.1) is 0 Å². The largest absolute Gasteiger partial charge is 0.598 e. The molecule has 2 aliphatic heterocycles. The lowest BCUT2D eigenvalue weighted by atomic mass is 9.94. The van der Waals surface area contributed by atoms with Crippen molar-refractivity contribution >= 4 is 28.3 Å². The van der Waals surface area contributed by atoms with Gasteiger partial charge in [0.25, 0.3) is 0 Å². The van der Waals surface area contributed by atoms with Crippen molar-refractivity contribution in [3.05, 3.63) is 71.8 Å². The summed E-state index contributed by atoms with van der Waals surface area (Å²) >= 11 is 0.345. The van der Waals surface area contributed by atoms with Crippen LogP contribution in [0.25, 0.3) is 0 Å². The Morgan fingerprint density at radius 3 is 2.05 bits per heavy atom. The molecule has 2 aromatic carbocycles. The minimum absolute atomic E-state index is 0.216. The van der Waals surface area contributed by atoms with Gasteiger partial charge >= 0.3 is 0 Å². The predicted octanol–water partition coefficient (Wildman–Crippen LogP) is 4.36. The van der Waals surface area contributed by atoms with Gasteiger partial charge < -0.3 is 23.7 Å². The Morgan fingerprint density at radius 1 is 1.00 bits per heavy atom. The minimum atomic E-state index is -1.26. The number of thioether (sulfide) groups is 1. The first-order chi connectivity index (χ1) is 17.6. The van der Waals surface area contributed by atoms with E-state index in [0.29, 0.717) is 13.2 Å². The Kier molecular flexibility index (Phi) is 9.61. The molecule has 4 rings (SSSR count). The highest BCUT2D eigenvalue weighted by atomic mass is 32.2. The van der Waals surface area contributed by atoms with Crippen molar-refractivity contribution in [2.24, 2.45) is 4.99 Å². The van der Waals surface area contributed by atoms with Crippen molar-refractivity contribution in [2.45, 2.75) is 81.5 Å². The number of amidine groups is 1. The molecule has 1 saturated heterocycles. The third-order valence-electron chi connectivity index (χ3n) is 6.33. The van der Waals surface area contributed by atoms with E-state index in [0.717, 1.165) is 16.3 Å². The number of ether oxygens (including phenoxy) is 3. The van der Waals surface area contributed by atoms with E-state index in [4.69, 9.17) is 19.2 Å². The molecule has 0 saturated carbocycles. The van der Waals surface area contributed by atoms with Crippen LogP contribution in [0.1, 0.15) is 38.8 Å². The number of nitrogens with zero attached hydrogens (tertiary/aromatic N) is 2. The van der Waals surface area contributed by atoms with Crippen LogP contribution in [0.15, 0.2) is 65.7 Å². The summed E-state index contributed by atoms with van der Waals surface area (Å²) in [5.41, 5.74) is 1.95. The maximum absolute atomic E-state index is 13.0. The molecule has 9 heteroatoms. The maximum Gasteiger partial charge on any atom is 0.161 e. The fraction of sp³-hybridized carbons (Fsp3) is 0.536. The fourth-order valence-electron chi connectivity index (χ4n) is 4.30. The van der Waals surface area contributed by atoms with E-state index in [2.05, 4.69) is 16.9 Å². The summed E-state index contributed by atoms with van der Waals surface area (Å²) < 4.78 is 35.8. The van der Waals surface area contributed by atoms with Crippen molar-refractivity contribution < 1.29 is 18.8 Å². The van der Waals surface area contributed by atoms with Gasteiger partial charge in [-0.05, 0) is 38.8 Å². The van der Waals surface area contributed by atoms with Crippen LogP contribution in [0.3, 0.4) is 0 Å². The lowest BCUT2D eigenvalue weighted by Gasteiger charge is -2.45. The van der Waals surface area contributed by atoms with Gasteiger partial charge in [0.2, 0.25) is 0 Å². The van der Waals surface area contributed by atoms with Gasteiger partial charge in [-0.3, -0.25) is 4.99 Å².